The Hall–Kier alpha value is -2.86. The van der Waals surface area contributed by atoms with Crippen molar-refractivity contribution in [3.63, 3.8) is 0 Å². The molecule has 0 atom stereocenters. The van der Waals surface area contributed by atoms with E-state index in [1.165, 1.54) is 34.2 Å². The van der Waals surface area contributed by atoms with Crippen LogP contribution in [0.5, 0.6) is 0 Å². The van der Waals surface area contributed by atoms with Crippen molar-refractivity contribution in [2.75, 3.05) is 0 Å². The lowest BCUT2D eigenvalue weighted by Gasteiger charge is -2.07. The van der Waals surface area contributed by atoms with Gasteiger partial charge in [-0.2, -0.15) is 0 Å². The molecule has 0 radical (unpaired) electrons. The van der Waals surface area contributed by atoms with E-state index >= 15 is 0 Å². The maximum absolute atomic E-state index is 3.86. The predicted molar refractivity (Wildman–Crippen MR) is 122 cm³/mol. The first-order valence-electron chi connectivity index (χ1n) is 9.59. The lowest BCUT2D eigenvalue weighted by molar-refractivity contribution is 0.922. The standard InChI is InChI=1S/C19H20.C8H10/c1-4-7-15-8-10-18(11-9-15)19-13-12-16(5-2)17(6-3)14-19;1-7-4-3-5-8(2)6-7/h5-6,8-14H,2-4,7H2,1H3;3-6H,1-2H3. The summed E-state index contributed by atoms with van der Waals surface area (Å²) in [4.78, 5) is 0. The quantitative estimate of drug-likeness (QED) is 0.437. The molecule has 0 heteroatoms. The smallest absolute Gasteiger partial charge is 0.0178 e. The van der Waals surface area contributed by atoms with Crippen LogP contribution in [0.2, 0.25) is 0 Å². The van der Waals surface area contributed by atoms with Gasteiger partial charge in [-0.1, -0.05) is 110 Å². The van der Waals surface area contributed by atoms with Crippen LogP contribution in [0.4, 0.5) is 0 Å². The van der Waals surface area contributed by atoms with Crippen LogP contribution in [0.3, 0.4) is 0 Å². The molecule has 0 aliphatic heterocycles. The van der Waals surface area contributed by atoms with Gasteiger partial charge in [-0.3, -0.25) is 0 Å². The van der Waals surface area contributed by atoms with Gasteiger partial charge in [-0.15, -0.1) is 0 Å². The van der Waals surface area contributed by atoms with E-state index < -0.39 is 0 Å². The first kappa shape index (κ1) is 20.5. The summed E-state index contributed by atoms with van der Waals surface area (Å²) < 4.78 is 0. The normalized spacial score (nSPS) is 9.89. The van der Waals surface area contributed by atoms with Gasteiger partial charge in [0.1, 0.15) is 0 Å². The van der Waals surface area contributed by atoms with E-state index in [1.54, 1.807) is 0 Å². The minimum Gasteiger partial charge on any atom is -0.0984 e. The Labute approximate surface area is 164 Å². The Balaban J connectivity index is 0.000000273. The first-order valence-corrected chi connectivity index (χ1v) is 9.59. The molecule has 0 fully saturated rings. The largest absolute Gasteiger partial charge is 0.0984 e. The fraction of sp³-hybridized carbons (Fsp3) is 0.185. The first-order chi connectivity index (χ1) is 13.1. The third-order valence-corrected chi connectivity index (χ3v) is 4.53. The lowest BCUT2D eigenvalue weighted by Crippen LogP contribution is -1.86. The van der Waals surface area contributed by atoms with Crippen LogP contribution in [-0.4, -0.2) is 0 Å². The molecule has 138 valence electrons. The second-order valence-corrected chi connectivity index (χ2v) is 6.86. The molecule has 0 heterocycles. The lowest BCUT2D eigenvalue weighted by atomic mass is 9.98. The highest BCUT2D eigenvalue weighted by atomic mass is 14.1. The highest BCUT2D eigenvalue weighted by Crippen LogP contribution is 2.24. The topological polar surface area (TPSA) is 0 Å². The Bertz CT molecular complexity index is 865. The Kier molecular flexibility index (Phi) is 7.82. The minimum absolute atomic E-state index is 1.13. The molecule has 0 aromatic heterocycles. The van der Waals surface area contributed by atoms with E-state index in [0.29, 0.717) is 0 Å². The average Bonchev–Trinajstić information content (AvgIpc) is 2.68. The van der Waals surface area contributed by atoms with Gasteiger partial charge in [-0.25, -0.2) is 0 Å². The average molecular weight is 355 g/mol. The summed E-state index contributed by atoms with van der Waals surface area (Å²) in [5.41, 5.74) is 8.81. The van der Waals surface area contributed by atoms with Crippen LogP contribution < -0.4 is 0 Å². The zero-order chi connectivity index (χ0) is 19.6. The molecule has 0 aliphatic rings. The molecule has 3 aromatic rings. The summed E-state index contributed by atoms with van der Waals surface area (Å²) >= 11 is 0. The van der Waals surface area contributed by atoms with Crippen molar-refractivity contribution >= 4 is 12.2 Å². The highest BCUT2D eigenvalue weighted by molar-refractivity contribution is 5.72. The third-order valence-electron chi connectivity index (χ3n) is 4.53. The van der Waals surface area contributed by atoms with Crippen molar-refractivity contribution in [3.05, 3.63) is 108 Å². The van der Waals surface area contributed by atoms with Crippen LogP contribution in [0.25, 0.3) is 23.3 Å². The van der Waals surface area contributed by atoms with Gasteiger partial charge in [-0.05, 0) is 54.2 Å². The van der Waals surface area contributed by atoms with E-state index in [1.807, 2.05) is 12.2 Å². The zero-order valence-electron chi connectivity index (χ0n) is 16.8. The van der Waals surface area contributed by atoms with Gasteiger partial charge in [0.15, 0.2) is 0 Å². The Morgan fingerprint density at radius 2 is 1.30 bits per heavy atom. The number of hydrogen-bond acceptors (Lipinski definition) is 0. The molecule has 0 amide bonds. The molecule has 0 bridgehead atoms. The Morgan fingerprint density at radius 3 is 1.78 bits per heavy atom. The number of benzene rings is 3. The molecule has 27 heavy (non-hydrogen) atoms. The zero-order valence-corrected chi connectivity index (χ0v) is 16.8. The van der Waals surface area contributed by atoms with Crippen molar-refractivity contribution in [1.82, 2.24) is 0 Å². The summed E-state index contributed by atoms with van der Waals surface area (Å²) in [7, 11) is 0. The van der Waals surface area contributed by atoms with E-state index in [0.717, 1.165) is 17.5 Å². The molecule has 0 aliphatic carbocycles. The fourth-order valence-electron chi connectivity index (χ4n) is 3.08. The maximum atomic E-state index is 3.86. The summed E-state index contributed by atoms with van der Waals surface area (Å²) in [6.45, 7) is 14.1. The maximum Gasteiger partial charge on any atom is -0.0178 e. The van der Waals surface area contributed by atoms with Crippen LogP contribution in [0, 0.1) is 13.8 Å². The van der Waals surface area contributed by atoms with Crippen molar-refractivity contribution in [3.8, 4) is 11.1 Å². The summed E-state index contributed by atoms with van der Waals surface area (Å²) in [5, 5.41) is 0. The van der Waals surface area contributed by atoms with Gasteiger partial charge in [0.05, 0.1) is 0 Å². The monoisotopic (exact) mass is 354 g/mol. The molecule has 0 nitrogen and oxygen atoms in total. The van der Waals surface area contributed by atoms with Gasteiger partial charge >= 0.3 is 0 Å². The molecule has 0 spiro atoms. The van der Waals surface area contributed by atoms with Gasteiger partial charge in [0.25, 0.3) is 0 Å². The van der Waals surface area contributed by atoms with Crippen molar-refractivity contribution in [2.24, 2.45) is 0 Å². The number of hydrogen-bond donors (Lipinski definition) is 0. The molecule has 3 rings (SSSR count). The molecular formula is C27H30. The molecule has 0 saturated heterocycles. The van der Waals surface area contributed by atoms with E-state index in [9.17, 15) is 0 Å². The van der Waals surface area contributed by atoms with E-state index in [2.05, 4.69) is 101 Å². The fourth-order valence-corrected chi connectivity index (χ4v) is 3.08. The molecule has 0 unspecified atom stereocenters. The Morgan fingerprint density at radius 1 is 0.704 bits per heavy atom. The summed E-state index contributed by atoms with van der Waals surface area (Å²) in [6.07, 6.45) is 6.08. The second-order valence-electron chi connectivity index (χ2n) is 6.86. The third kappa shape index (κ3) is 6.11. The minimum atomic E-state index is 1.13. The summed E-state index contributed by atoms with van der Waals surface area (Å²) in [5.74, 6) is 0. The summed E-state index contributed by atoms with van der Waals surface area (Å²) in [6, 6.07) is 23.7. The van der Waals surface area contributed by atoms with Crippen molar-refractivity contribution in [1.29, 1.82) is 0 Å². The van der Waals surface area contributed by atoms with Crippen LogP contribution in [0.15, 0.2) is 79.9 Å². The molecule has 0 N–H and O–H groups in total. The molecular weight excluding hydrogens is 324 g/mol. The second kappa shape index (κ2) is 10.3. The SMILES string of the molecule is C=Cc1ccc(-c2ccc(CCC)cc2)cc1C=C.Cc1cccc(C)c1. The number of rotatable bonds is 5. The van der Waals surface area contributed by atoms with Crippen molar-refractivity contribution < 1.29 is 0 Å². The van der Waals surface area contributed by atoms with Gasteiger partial charge in [0.2, 0.25) is 0 Å². The van der Waals surface area contributed by atoms with Crippen LogP contribution in [0.1, 0.15) is 41.2 Å². The predicted octanol–water partition coefficient (Wildman–Crippen LogP) is 7.90. The van der Waals surface area contributed by atoms with E-state index in [4.69, 9.17) is 0 Å². The van der Waals surface area contributed by atoms with E-state index in [-0.39, 0.29) is 0 Å². The van der Waals surface area contributed by atoms with Crippen LogP contribution in [-0.2, 0) is 6.42 Å². The van der Waals surface area contributed by atoms with Gasteiger partial charge in [0, 0.05) is 0 Å². The van der Waals surface area contributed by atoms with Crippen molar-refractivity contribution in [2.45, 2.75) is 33.6 Å². The number of aryl methyl sites for hydroxylation is 3. The molecule has 3 aromatic carbocycles. The van der Waals surface area contributed by atoms with Crippen LogP contribution >= 0.6 is 0 Å². The highest BCUT2D eigenvalue weighted by Gasteiger charge is 2.01. The van der Waals surface area contributed by atoms with Gasteiger partial charge < -0.3 is 0 Å². The molecule has 0 saturated carbocycles.